The van der Waals surface area contributed by atoms with Gasteiger partial charge in [0, 0.05) is 17.7 Å². The molecule has 3 rings (SSSR count). The molecule has 0 aliphatic rings. The third-order valence-corrected chi connectivity index (χ3v) is 3.35. The molecule has 0 atom stereocenters. The summed E-state index contributed by atoms with van der Waals surface area (Å²) in [5.41, 5.74) is 3.47. The van der Waals surface area contributed by atoms with Gasteiger partial charge < -0.3 is 9.52 Å². The normalized spacial score (nSPS) is 10.9. The van der Waals surface area contributed by atoms with Crippen LogP contribution >= 0.6 is 0 Å². The Labute approximate surface area is 117 Å². The van der Waals surface area contributed by atoms with Crippen LogP contribution in [0.5, 0.6) is 5.75 Å². The van der Waals surface area contributed by atoms with Crippen molar-refractivity contribution in [3.63, 3.8) is 0 Å². The number of phenolic OH excluding ortho intramolecular Hbond substituents is 1. The van der Waals surface area contributed by atoms with Crippen LogP contribution in [-0.4, -0.2) is 14.9 Å². The van der Waals surface area contributed by atoms with Gasteiger partial charge in [-0.3, -0.25) is 4.68 Å². The summed E-state index contributed by atoms with van der Waals surface area (Å²) in [7, 11) is 0. The Morgan fingerprint density at radius 2 is 2.00 bits per heavy atom. The molecule has 3 aromatic rings. The van der Waals surface area contributed by atoms with Crippen molar-refractivity contribution in [2.45, 2.75) is 20.4 Å². The van der Waals surface area contributed by atoms with Crippen LogP contribution in [0.15, 0.2) is 47.1 Å². The molecule has 20 heavy (non-hydrogen) atoms. The van der Waals surface area contributed by atoms with Crippen molar-refractivity contribution >= 4 is 0 Å². The molecule has 1 aromatic carbocycles. The van der Waals surface area contributed by atoms with E-state index < -0.39 is 0 Å². The summed E-state index contributed by atoms with van der Waals surface area (Å²) in [5.74, 6) is 1.00. The molecule has 0 unspecified atom stereocenters. The summed E-state index contributed by atoms with van der Waals surface area (Å²) in [4.78, 5) is 0. The quantitative estimate of drug-likeness (QED) is 0.785. The van der Waals surface area contributed by atoms with Crippen LogP contribution in [0.3, 0.4) is 0 Å². The number of benzene rings is 1. The first-order chi connectivity index (χ1) is 9.72. The maximum absolute atomic E-state index is 10.1. The van der Waals surface area contributed by atoms with Crippen LogP contribution < -0.4 is 0 Å². The Balaban J connectivity index is 2.31. The Bertz CT molecular complexity index is 727. The van der Waals surface area contributed by atoms with E-state index in [1.165, 1.54) is 0 Å². The molecule has 0 saturated carbocycles. The number of hydrogen-bond acceptors (Lipinski definition) is 3. The molecule has 0 aliphatic heterocycles. The number of para-hydroxylation sites is 1. The van der Waals surface area contributed by atoms with E-state index in [9.17, 15) is 5.11 Å². The summed E-state index contributed by atoms with van der Waals surface area (Å²) >= 11 is 0. The van der Waals surface area contributed by atoms with Crippen molar-refractivity contribution in [1.29, 1.82) is 0 Å². The van der Waals surface area contributed by atoms with Gasteiger partial charge in [0.1, 0.15) is 11.4 Å². The Morgan fingerprint density at radius 3 is 2.65 bits per heavy atom. The fourth-order valence-corrected chi connectivity index (χ4v) is 2.48. The molecule has 0 fully saturated rings. The molecule has 0 spiro atoms. The van der Waals surface area contributed by atoms with Crippen LogP contribution in [0.1, 0.15) is 12.6 Å². The first-order valence-corrected chi connectivity index (χ1v) is 6.62. The number of aryl methyl sites for hydroxylation is 2. The smallest absolute Gasteiger partial charge is 0.152 e. The van der Waals surface area contributed by atoms with Crippen molar-refractivity contribution in [3.8, 4) is 28.3 Å². The number of rotatable bonds is 3. The molecule has 2 aromatic heterocycles. The third-order valence-electron chi connectivity index (χ3n) is 3.35. The molecule has 1 N–H and O–H groups in total. The van der Waals surface area contributed by atoms with Gasteiger partial charge in [-0.05, 0) is 32.0 Å². The van der Waals surface area contributed by atoms with E-state index in [2.05, 4.69) is 5.10 Å². The van der Waals surface area contributed by atoms with Crippen LogP contribution in [0.4, 0.5) is 0 Å². The summed E-state index contributed by atoms with van der Waals surface area (Å²) in [6.07, 6.45) is 1.65. The molecule has 4 heteroatoms. The van der Waals surface area contributed by atoms with E-state index in [4.69, 9.17) is 4.42 Å². The van der Waals surface area contributed by atoms with Crippen molar-refractivity contribution in [3.05, 3.63) is 48.4 Å². The van der Waals surface area contributed by atoms with Gasteiger partial charge in [0.25, 0.3) is 0 Å². The molecule has 4 nitrogen and oxygen atoms in total. The van der Waals surface area contributed by atoms with Gasteiger partial charge >= 0.3 is 0 Å². The van der Waals surface area contributed by atoms with Crippen molar-refractivity contribution in [2.75, 3.05) is 0 Å². The van der Waals surface area contributed by atoms with Crippen LogP contribution in [-0.2, 0) is 6.54 Å². The first kappa shape index (κ1) is 12.5. The lowest BCUT2D eigenvalue weighted by Crippen LogP contribution is -1.98. The van der Waals surface area contributed by atoms with Gasteiger partial charge in [-0.2, -0.15) is 5.10 Å². The molecule has 0 bridgehead atoms. The van der Waals surface area contributed by atoms with E-state index in [-0.39, 0.29) is 5.75 Å². The van der Waals surface area contributed by atoms with E-state index in [0.717, 1.165) is 34.8 Å². The highest BCUT2D eigenvalue weighted by molar-refractivity contribution is 5.84. The highest BCUT2D eigenvalue weighted by Gasteiger charge is 2.21. The Morgan fingerprint density at radius 1 is 1.20 bits per heavy atom. The minimum Gasteiger partial charge on any atom is -0.507 e. The molecular weight excluding hydrogens is 252 g/mol. The van der Waals surface area contributed by atoms with Crippen LogP contribution in [0, 0.1) is 6.92 Å². The second kappa shape index (κ2) is 4.89. The van der Waals surface area contributed by atoms with E-state index in [0.29, 0.717) is 0 Å². The molecule has 0 saturated heterocycles. The number of phenols is 1. The fourth-order valence-electron chi connectivity index (χ4n) is 2.48. The van der Waals surface area contributed by atoms with E-state index in [1.54, 1.807) is 12.3 Å². The van der Waals surface area contributed by atoms with Gasteiger partial charge in [0.15, 0.2) is 5.76 Å². The minimum absolute atomic E-state index is 0.249. The van der Waals surface area contributed by atoms with E-state index >= 15 is 0 Å². The molecular formula is C16H16N2O2. The van der Waals surface area contributed by atoms with Crippen LogP contribution in [0.25, 0.3) is 22.6 Å². The molecule has 0 aliphatic carbocycles. The molecule has 0 amide bonds. The monoisotopic (exact) mass is 268 g/mol. The lowest BCUT2D eigenvalue weighted by Gasteiger charge is -2.07. The van der Waals surface area contributed by atoms with E-state index in [1.807, 2.05) is 48.9 Å². The van der Waals surface area contributed by atoms with Gasteiger partial charge in [0.05, 0.1) is 12.0 Å². The zero-order chi connectivity index (χ0) is 14.1. The second-order valence-electron chi connectivity index (χ2n) is 4.62. The van der Waals surface area contributed by atoms with Crippen LogP contribution in [0.2, 0.25) is 0 Å². The maximum Gasteiger partial charge on any atom is 0.152 e. The van der Waals surface area contributed by atoms with Gasteiger partial charge in [-0.25, -0.2) is 0 Å². The number of furan rings is 1. The Kier molecular flexibility index (Phi) is 3.06. The second-order valence-corrected chi connectivity index (χ2v) is 4.62. The summed E-state index contributed by atoms with van der Waals surface area (Å²) in [6, 6.07) is 11.1. The Hall–Kier alpha value is -2.49. The first-order valence-electron chi connectivity index (χ1n) is 6.62. The summed E-state index contributed by atoms with van der Waals surface area (Å²) in [6.45, 7) is 4.72. The van der Waals surface area contributed by atoms with Crippen molar-refractivity contribution < 1.29 is 9.52 Å². The van der Waals surface area contributed by atoms with Crippen molar-refractivity contribution in [2.24, 2.45) is 0 Å². The number of nitrogens with zero attached hydrogens (tertiary/aromatic N) is 2. The highest BCUT2D eigenvalue weighted by Crippen LogP contribution is 2.39. The predicted octanol–water partition coefficient (Wildman–Crippen LogP) is 3.84. The largest absolute Gasteiger partial charge is 0.507 e. The predicted molar refractivity (Wildman–Crippen MR) is 77.4 cm³/mol. The average Bonchev–Trinajstić information content (AvgIpc) is 3.06. The van der Waals surface area contributed by atoms with Crippen molar-refractivity contribution in [1.82, 2.24) is 9.78 Å². The topological polar surface area (TPSA) is 51.2 Å². The maximum atomic E-state index is 10.1. The fraction of sp³-hybridized carbons (Fsp3) is 0.188. The van der Waals surface area contributed by atoms with Gasteiger partial charge in [-0.1, -0.05) is 18.2 Å². The molecule has 2 heterocycles. The van der Waals surface area contributed by atoms with Gasteiger partial charge in [-0.15, -0.1) is 0 Å². The zero-order valence-corrected chi connectivity index (χ0v) is 11.5. The average molecular weight is 268 g/mol. The lowest BCUT2D eigenvalue weighted by atomic mass is 10.0. The van der Waals surface area contributed by atoms with Gasteiger partial charge in [0.2, 0.25) is 0 Å². The summed E-state index contributed by atoms with van der Waals surface area (Å²) in [5, 5.41) is 14.7. The summed E-state index contributed by atoms with van der Waals surface area (Å²) < 4.78 is 7.43. The number of hydrogen-bond donors (Lipinski definition) is 1. The lowest BCUT2D eigenvalue weighted by molar-refractivity contribution is 0.477. The molecule has 102 valence electrons. The third kappa shape index (κ3) is 1.90. The number of aromatic hydroxyl groups is 1. The highest BCUT2D eigenvalue weighted by atomic mass is 16.3. The standard InChI is InChI=1S/C16H16N2O2/c1-3-18-16(14-9-6-10-20-14)15(11(2)17-18)12-7-4-5-8-13(12)19/h4-10,19H,3H2,1-2H3. The molecule has 0 radical (unpaired) electrons. The minimum atomic E-state index is 0.249. The zero-order valence-electron chi connectivity index (χ0n) is 11.5. The SMILES string of the molecule is CCn1nc(C)c(-c2ccccc2O)c1-c1ccco1. The number of aromatic nitrogens is 2.